The highest BCUT2D eigenvalue weighted by Gasteiger charge is 1.85. The zero-order chi connectivity index (χ0) is 9.07. The molecule has 0 rings (SSSR count). The summed E-state index contributed by atoms with van der Waals surface area (Å²) in [5.74, 6) is 0. The van der Waals surface area contributed by atoms with Gasteiger partial charge in [0.2, 0.25) is 0 Å². The Bertz CT molecular complexity index is 102. The maximum atomic E-state index is 5.10. The molecule has 0 aliphatic rings. The summed E-state index contributed by atoms with van der Waals surface area (Å²) in [6.07, 6.45) is 11.1. The predicted molar refractivity (Wildman–Crippen MR) is 58.3 cm³/mol. The van der Waals surface area contributed by atoms with E-state index in [-0.39, 0.29) is 9.76 Å². The summed E-state index contributed by atoms with van der Waals surface area (Å²) < 4.78 is 5.10. The van der Waals surface area contributed by atoms with Gasteiger partial charge in [-0.1, -0.05) is 38.3 Å². The number of hydrogen-bond acceptors (Lipinski definition) is 1. The number of unbranched alkanes of at least 4 members (excludes halogenated alkanes) is 3. The molecule has 0 aromatic carbocycles. The molecule has 0 radical (unpaired) electrons. The van der Waals surface area contributed by atoms with E-state index in [1.165, 1.54) is 38.1 Å². The van der Waals surface area contributed by atoms with E-state index in [0.717, 1.165) is 0 Å². The van der Waals surface area contributed by atoms with Gasteiger partial charge in [-0.25, -0.2) is 0 Å². The van der Waals surface area contributed by atoms with E-state index < -0.39 is 0 Å². The summed E-state index contributed by atoms with van der Waals surface area (Å²) >= 11 is 0. The van der Waals surface area contributed by atoms with Crippen molar-refractivity contribution in [2.24, 2.45) is 0 Å². The number of allylic oxidation sites excluding steroid dienone is 2. The Kier molecular flexibility index (Phi) is 10.8. The van der Waals surface area contributed by atoms with Crippen LogP contribution in [0.15, 0.2) is 12.2 Å². The molecule has 0 heterocycles. The zero-order valence-electron chi connectivity index (χ0n) is 8.51. The van der Waals surface area contributed by atoms with Crippen LogP contribution in [0, 0.1) is 0 Å². The predicted octanol–water partition coefficient (Wildman–Crippen LogP) is 2.66. The maximum Gasteiger partial charge on any atom is 0.161 e. The van der Waals surface area contributed by atoms with Gasteiger partial charge in [-0.15, -0.1) is 0 Å². The second kappa shape index (κ2) is 10.9. The van der Waals surface area contributed by atoms with Crippen molar-refractivity contribution in [1.82, 2.24) is 0 Å². The first kappa shape index (κ1) is 11.9. The monoisotopic (exact) mass is 186 g/mol. The highest BCUT2D eigenvalue weighted by molar-refractivity contribution is 6.26. The lowest BCUT2D eigenvalue weighted by Gasteiger charge is -1.94. The minimum atomic E-state index is -0.156. The highest BCUT2D eigenvalue weighted by Crippen LogP contribution is 2.00. The summed E-state index contributed by atoms with van der Waals surface area (Å²) in [6, 6.07) is 1.33. The van der Waals surface area contributed by atoms with Crippen molar-refractivity contribution in [3.05, 3.63) is 12.2 Å². The first-order chi connectivity index (χ1) is 5.91. The van der Waals surface area contributed by atoms with Crippen LogP contribution in [0.25, 0.3) is 0 Å². The first-order valence-corrected chi connectivity index (χ1v) is 6.63. The molecule has 0 saturated carbocycles. The van der Waals surface area contributed by atoms with Gasteiger partial charge in [0.15, 0.2) is 9.76 Å². The smallest absolute Gasteiger partial charge is 0.161 e. The zero-order valence-corrected chi connectivity index (χ0v) is 9.93. The van der Waals surface area contributed by atoms with E-state index in [4.69, 9.17) is 4.43 Å². The van der Waals surface area contributed by atoms with E-state index in [0.29, 0.717) is 0 Å². The van der Waals surface area contributed by atoms with Gasteiger partial charge in [0.25, 0.3) is 0 Å². The Hall–Kier alpha value is -0.0831. The molecule has 0 aliphatic heterocycles. The molecule has 1 nitrogen and oxygen atoms in total. The van der Waals surface area contributed by atoms with Crippen molar-refractivity contribution in [2.75, 3.05) is 7.11 Å². The minimum Gasteiger partial charge on any atom is -0.427 e. The normalized spacial score (nSPS) is 12.2. The van der Waals surface area contributed by atoms with Crippen molar-refractivity contribution in [2.45, 2.75) is 45.1 Å². The van der Waals surface area contributed by atoms with Crippen LogP contribution < -0.4 is 0 Å². The summed E-state index contributed by atoms with van der Waals surface area (Å²) in [6.45, 7) is 2.23. The SMILES string of the molecule is CCCCC=CCCC[SiH2]OC. The largest absolute Gasteiger partial charge is 0.427 e. The van der Waals surface area contributed by atoms with Gasteiger partial charge >= 0.3 is 0 Å². The fourth-order valence-corrected chi connectivity index (χ4v) is 1.85. The van der Waals surface area contributed by atoms with Crippen LogP contribution in [0.2, 0.25) is 6.04 Å². The molecule has 12 heavy (non-hydrogen) atoms. The third kappa shape index (κ3) is 9.92. The van der Waals surface area contributed by atoms with E-state index in [2.05, 4.69) is 19.1 Å². The lowest BCUT2D eigenvalue weighted by Crippen LogP contribution is -1.90. The van der Waals surface area contributed by atoms with Crippen molar-refractivity contribution in [1.29, 1.82) is 0 Å². The fraction of sp³-hybridized carbons (Fsp3) is 0.800. The van der Waals surface area contributed by atoms with Gasteiger partial charge in [-0.3, -0.25) is 0 Å². The maximum absolute atomic E-state index is 5.10. The lowest BCUT2D eigenvalue weighted by molar-refractivity contribution is 0.439. The van der Waals surface area contributed by atoms with Crippen molar-refractivity contribution >= 4 is 9.76 Å². The summed E-state index contributed by atoms with van der Waals surface area (Å²) in [7, 11) is 1.67. The van der Waals surface area contributed by atoms with Gasteiger partial charge in [0, 0.05) is 7.11 Å². The molecule has 0 amide bonds. The molecule has 0 unspecified atom stereocenters. The van der Waals surface area contributed by atoms with Crippen molar-refractivity contribution < 1.29 is 4.43 Å². The summed E-state index contributed by atoms with van der Waals surface area (Å²) in [4.78, 5) is 0. The van der Waals surface area contributed by atoms with Crippen LogP contribution in [-0.4, -0.2) is 16.9 Å². The molecular weight excluding hydrogens is 164 g/mol. The van der Waals surface area contributed by atoms with Crippen molar-refractivity contribution in [3.63, 3.8) is 0 Å². The Morgan fingerprint density at radius 2 is 1.83 bits per heavy atom. The standard InChI is InChI=1S/C10H22OSi/c1-3-4-5-6-7-8-9-10-12-11-2/h6-7H,3-5,8-10,12H2,1-2H3. The minimum absolute atomic E-state index is 0.156. The topological polar surface area (TPSA) is 9.23 Å². The Balaban J connectivity index is 2.92. The van der Waals surface area contributed by atoms with Crippen LogP contribution in [0.5, 0.6) is 0 Å². The molecular formula is C10H22OSi. The quantitative estimate of drug-likeness (QED) is 0.322. The van der Waals surface area contributed by atoms with Crippen LogP contribution in [0.3, 0.4) is 0 Å². The van der Waals surface area contributed by atoms with Crippen LogP contribution >= 0.6 is 0 Å². The van der Waals surface area contributed by atoms with Gasteiger partial charge in [0.05, 0.1) is 0 Å². The fourth-order valence-electron chi connectivity index (χ4n) is 1.07. The Labute approximate surface area is 79.1 Å². The molecule has 0 saturated heterocycles. The van der Waals surface area contributed by atoms with Gasteiger partial charge in [0.1, 0.15) is 0 Å². The molecule has 0 fully saturated rings. The average Bonchev–Trinajstić information content (AvgIpc) is 2.10. The van der Waals surface area contributed by atoms with Crippen LogP contribution in [0.1, 0.15) is 39.0 Å². The second-order valence-electron chi connectivity index (χ2n) is 3.10. The molecule has 0 bridgehead atoms. The van der Waals surface area contributed by atoms with E-state index in [9.17, 15) is 0 Å². The molecule has 0 aromatic heterocycles. The third-order valence-electron chi connectivity index (χ3n) is 1.86. The van der Waals surface area contributed by atoms with Crippen molar-refractivity contribution in [3.8, 4) is 0 Å². The second-order valence-corrected chi connectivity index (χ2v) is 4.79. The van der Waals surface area contributed by atoms with E-state index in [1.807, 2.05) is 7.11 Å². The van der Waals surface area contributed by atoms with Crippen LogP contribution in [0.4, 0.5) is 0 Å². The lowest BCUT2D eigenvalue weighted by atomic mass is 10.2. The summed E-state index contributed by atoms with van der Waals surface area (Å²) in [5, 5.41) is 0. The van der Waals surface area contributed by atoms with E-state index in [1.54, 1.807) is 0 Å². The number of hydrogen-bond donors (Lipinski definition) is 0. The van der Waals surface area contributed by atoms with Crippen LogP contribution in [-0.2, 0) is 4.43 Å². The van der Waals surface area contributed by atoms with Gasteiger partial charge in [-0.05, 0) is 18.9 Å². The van der Waals surface area contributed by atoms with Gasteiger partial charge in [-0.2, -0.15) is 0 Å². The molecule has 72 valence electrons. The van der Waals surface area contributed by atoms with E-state index >= 15 is 0 Å². The Morgan fingerprint density at radius 1 is 1.17 bits per heavy atom. The average molecular weight is 186 g/mol. The molecule has 0 aliphatic carbocycles. The molecule has 0 N–H and O–H groups in total. The number of rotatable bonds is 8. The Morgan fingerprint density at radius 3 is 2.42 bits per heavy atom. The van der Waals surface area contributed by atoms with Gasteiger partial charge < -0.3 is 4.43 Å². The molecule has 0 atom stereocenters. The highest BCUT2D eigenvalue weighted by atomic mass is 28.2. The summed E-state index contributed by atoms with van der Waals surface area (Å²) in [5.41, 5.74) is 0. The third-order valence-corrected chi connectivity index (χ3v) is 3.06. The first-order valence-electron chi connectivity index (χ1n) is 5.05. The molecule has 0 spiro atoms. The molecule has 2 heteroatoms. The molecule has 0 aromatic rings.